The van der Waals surface area contributed by atoms with Crippen LogP contribution in [0.3, 0.4) is 0 Å². The predicted molar refractivity (Wildman–Crippen MR) is 71.7 cm³/mol. The number of benzene rings is 1. The summed E-state index contributed by atoms with van der Waals surface area (Å²) in [4.78, 5) is 22.4. The minimum atomic E-state index is -1.21. The number of carbonyl (C=O) groups excluding carboxylic acids is 1. The van der Waals surface area contributed by atoms with Gasteiger partial charge >= 0.3 is 6.09 Å². The Bertz CT molecular complexity index is 395. The summed E-state index contributed by atoms with van der Waals surface area (Å²) < 4.78 is -0.560. The van der Waals surface area contributed by atoms with E-state index >= 15 is 0 Å². The quantitative estimate of drug-likeness (QED) is 0.789. The van der Waals surface area contributed by atoms with Gasteiger partial charge in [-0.1, -0.05) is 62.2 Å². The van der Waals surface area contributed by atoms with Gasteiger partial charge < -0.3 is 10.4 Å². The summed E-state index contributed by atoms with van der Waals surface area (Å²) in [6.45, 7) is 0. The zero-order valence-electron chi connectivity index (χ0n) is 8.77. The van der Waals surface area contributed by atoms with E-state index in [1.165, 1.54) is 0 Å². The van der Waals surface area contributed by atoms with Crippen molar-refractivity contribution in [3.05, 3.63) is 35.9 Å². The first kappa shape index (κ1) is 14.2. The molecule has 1 aromatic rings. The molecule has 4 nitrogen and oxygen atoms in total. The van der Waals surface area contributed by atoms with Gasteiger partial charge in [-0.25, -0.2) is 4.79 Å². The largest absolute Gasteiger partial charge is 0.465 e. The van der Waals surface area contributed by atoms with Gasteiger partial charge in [-0.3, -0.25) is 4.79 Å². The molecule has 0 aliphatic rings. The second-order valence-electron chi connectivity index (χ2n) is 3.39. The summed E-state index contributed by atoms with van der Waals surface area (Å²) in [6, 6.07) is 8.48. The highest BCUT2D eigenvalue weighted by Crippen LogP contribution is 2.14. The topological polar surface area (TPSA) is 66.4 Å². The van der Waals surface area contributed by atoms with E-state index in [0.29, 0.717) is 6.42 Å². The molecule has 0 aromatic heterocycles. The molecule has 0 fully saturated rings. The molecule has 0 radical (unpaired) electrons. The Morgan fingerprint density at radius 3 is 2.29 bits per heavy atom. The third-order valence-electron chi connectivity index (χ3n) is 2.14. The molecule has 0 saturated carbocycles. The van der Waals surface area contributed by atoms with E-state index in [-0.39, 0.29) is 5.78 Å². The van der Waals surface area contributed by atoms with E-state index in [1.807, 2.05) is 30.3 Å². The first-order valence-electron chi connectivity index (χ1n) is 4.86. The van der Waals surface area contributed by atoms with Gasteiger partial charge in [0.05, 0.1) is 6.04 Å². The Kier molecular flexibility index (Phi) is 5.64. The average molecular weight is 365 g/mol. The van der Waals surface area contributed by atoms with Gasteiger partial charge in [-0.05, 0) is 12.0 Å². The van der Waals surface area contributed by atoms with E-state index in [1.54, 1.807) is 0 Å². The van der Waals surface area contributed by atoms with Gasteiger partial charge in [-0.15, -0.1) is 0 Å². The van der Waals surface area contributed by atoms with Crippen molar-refractivity contribution < 1.29 is 14.7 Å². The number of rotatable bonds is 5. The molecular weight excluding hydrogens is 354 g/mol. The van der Waals surface area contributed by atoms with E-state index in [9.17, 15) is 9.59 Å². The van der Waals surface area contributed by atoms with Crippen molar-refractivity contribution in [2.24, 2.45) is 0 Å². The summed E-state index contributed by atoms with van der Waals surface area (Å²) >= 11 is 6.16. The zero-order chi connectivity index (χ0) is 12.8. The van der Waals surface area contributed by atoms with Crippen LogP contribution >= 0.6 is 31.9 Å². The summed E-state index contributed by atoms with van der Waals surface area (Å²) in [5, 5.41) is 10.9. The SMILES string of the molecule is O=C(O)N[C@@H](Cc1ccccc1)C(=O)C(Br)Br. The molecule has 17 heavy (non-hydrogen) atoms. The zero-order valence-corrected chi connectivity index (χ0v) is 11.9. The third-order valence-corrected chi connectivity index (χ3v) is 3.04. The first-order chi connectivity index (χ1) is 8.00. The minimum absolute atomic E-state index is 0.253. The molecule has 0 spiro atoms. The molecule has 6 heteroatoms. The van der Waals surface area contributed by atoms with Crippen LogP contribution in [-0.4, -0.2) is 26.8 Å². The van der Waals surface area contributed by atoms with Crippen LogP contribution in [0, 0.1) is 0 Å². The minimum Gasteiger partial charge on any atom is -0.465 e. The van der Waals surface area contributed by atoms with Gasteiger partial charge in [0.2, 0.25) is 0 Å². The Balaban J connectivity index is 2.77. The molecular formula is C11H11Br2NO3. The number of alkyl halides is 2. The number of amides is 1. The summed E-state index contributed by atoms with van der Waals surface area (Å²) in [5.74, 6) is -0.253. The average Bonchev–Trinajstić information content (AvgIpc) is 2.28. The molecule has 2 N–H and O–H groups in total. The maximum Gasteiger partial charge on any atom is 0.405 e. The lowest BCUT2D eigenvalue weighted by Crippen LogP contribution is -2.43. The maximum absolute atomic E-state index is 11.8. The van der Waals surface area contributed by atoms with E-state index in [2.05, 4.69) is 37.2 Å². The van der Waals surface area contributed by atoms with Crippen molar-refractivity contribution in [1.82, 2.24) is 5.32 Å². The Morgan fingerprint density at radius 1 is 1.24 bits per heavy atom. The number of ketones is 1. The van der Waals surface area contributed by atoms with Crippen LogP contribution in [0.2, 0.25) is 0 Å². The van der Waals surface area contributed by atoms with Crippen molar-refractivity contribution in [1.29, 1.82) is 0 Å². The normalized spacial score (nSPS) is 12.2. The lowest BCUT2D eigenvalue weighted by molar-refractivity contribution is -0.118. The highest BCUT2D eigenvalue weighted by molar-refractivity contribution is 9.25. The smallest absolute Gasteiger partial charge is 0.405 e. The fourth-order valence-corrected chi connectivity index (χ4v) is 2.01. The van der Waals surface area contributed by atoms with Crippen LogP contribution in [-0.2, 0) is 11.2 Å². The molecule has 0 aliphatic heterocycles. The number of hydrogen-bond acceptors (Lipinski definition) is 2. The number of carbonyl (C=O) groups is 2. The van der Waals surface area contributed by atoms with Gasteiger partial charge in [-0.2, -0.15) is 0 Å². The van der Waals surface area contributed by atoms with Gasteiger partial charge in [0.1, 0.15) is 3.74 Å². The Labute approximate surface area is 116 Å². The van der Waals surface area contributed by atoms with Crippen LogP contribution in [0.1, 0.15) is 5.56 Å². The van der Waals surface area contributed by atoms with Crippen molar-refractivity contribution in [3.8, 4) is 0 Å². The molecule has 92 valence electrons. The van der Waals surface area contributed by atoms with Crippen LogP contribution in [0.25, 0.3) is 0 Å². The maximum atomic E-state index is 11.8. The molecule has 0 saturated heterocycles. The van der Waals surface area contributed by atoms with Crippen LogP contribution in [0.15, 0.2) is 30.3 Å². The van der Waals surface area contributed by atoms with Gasteiger partial charge in [0.25, 0.3) is 0 Å². The first-order valence-corrected chi connectivity index (χ1v) is 6.69. The number of carboxylic acid groups (broad SMARTS) is 1. The van der Waals surface area contributed by atoms with Crippen molar-refractivity contribution in [2.75, 3.05) is 0 Å². The third kappa shape index (κ3) is 4.87. The van der Waals surface area contributed by atoms with E-state index < -0.39 is 15.9 Å². The second kappa shape index (κ2) is 6.76. The van der Waals surface area contributed by atoms with Crippen LogP contribution < -0.4 is 5.32 Å². The molecule has 0 bridgehead atoms. The van der Waals surface area contributed by atoms with Crippen LogP contribution in [0.5, 0.6) is 0 Å². The van der Waals surface area contributed by atoms with Gasteiger partial charge in [0, 0.05) is 0 Å². The highest BCUT2D eigenvalue weighted by atomic mass is 79.9. The molecule has 1 amide bonds. The fourth-order valence-electron chi connectivity index (χ4n) is 1.37. The van der Waals surface area contributed by atoms with Crippen molar-refractivity contribution in [2.45, 2.75) is 16.2 Å². The highest BCUT2D eigenvalue weighted by Gasteiger charge is 2.25. The van der Waals surface area contributed by atoms with E-state index in [0.717, 1.165) is 5.56 Å². The molecule has 1 rings (SSSR count). The summed E-state index contributed by atoms with van der Waals surface area (Å²) in [7, 11) is 0. The molecule has 0 aliphatic carbocycles. The number of hydrogen-bond donors (Lipinski definition) is 2. The second-order valence-corrected chi connectivity index (χ2v) is 6.45. The van der Waals surface area contributed by atoms with Crippen molar-refractivity contribution in [3.63, 3.8) is 0 Å². The lowest BCUT2D eigenvalue weighted by atomic mass is 10.0. The molecule has 1 atom stereocenters. The Hall–Kier alpha value is -0.880. The van der Waals surface area contributed by atoms with Crippen molar-refractivity contribution >= 4 is 43.7 Å². The predicted octanol–water partition coefficient (Wildman–Crippen LogP) is 2.55. The standard InChI is InChI=1S/C11H11Br2NO3/c12-10(13)9(15)8(14-11(16)17)6-7-4-2-1-3-5-7/h1-5,8,10,14H,6H2,(H,16,17)/t8-/m0/s1. The number of Topliss-reactive ketones (excluding diaryl/α,β-unsaturated/α-hetero) is 1. The molecule has 1 aromatic carbocycles. The number of halogens is 2. The lowest BCUT2D eigenvalue weighted by Gasteiger charge is -2.16. The Morgan fingerprint density at radius 2 is 1.82 bits per heavy atom. The molecule has 0 unspecified atom stereocenters. The summed E-state index contributed by atoms with van der Waals surface area (Å²) in [6.07, 6.45) is -0.875. The monoisotopic (exact) mass is 363 g/mol. The summed E-state index contributed by atoms with van der Waals surface area (Å²) in [5.41, 5.74) is 0.903. The fraction of sp³-hybridized carbons (Fsp3) is 0.273. The van der Waals surface area contributed by atoms with Gasteiger partial charge in [0.15, 0.2) is 5.78 Å². The van der Waals surface area contributed by atoms with Crippen LogP contribution in [0.4, 0.5) is 4.79 Å². The molecule has 0 heterocycles. The van der Waals surface area contributed by atoms with E-state index in [4.69, 9.17) is 5.11 Å². The number of nitrogens with one attached hydrogen (secondary N) is 1.